The van der Waals surface area contributed by atoms with E-state index in [1.54, 1.807) is 6.07 Å². The number of phenolic OH excluding ortho intramolecular Hbond substituents is 1. The predicted octanol–water partition coefficient (Wildman–Crippen LogP) is 14.1. The van der Waals surface area contributed by atoms with Crippen molar-refractivity contribution in [1.82, 2.24) is 0 Å². The van der Waals surface area contributed by atoms with Crippen molar-refractivity contribution in [1.29, 1.82) is 0 Å². The molecule has 1 N–H and O–H groups in total. The molecule has 0 atom stereocenters. The van der Waals surface area contributed by atoms with Crippen molar-refractivity contribution in [3.8, 4) is 17.2 Å². The molecule has 0 radical (unpaired) electrons. The van der Waals surface area contributed by atoms with Crippen molar-refractivity contribution in [3.05, 3.63) is 139 Å². The first-order valence-corrected chi connectivity index (χ1v) is 30.3. The van der Waals surface area contributed by atoms with E-state index in [0.29, 0.717) is 24.5 Å². The Morgan fingerprint density at radius 3 is 0.942 bits per heavy atom. The van der Waals surface area contributed by atoms with Crippen LogP contribution in [0.25, 0.3) is 0 Å². The summed E-state index contributed by atoms with van der Waals surface area (Å²) in [7, 11) is -4.93. The number of aldehydes is 1. The van der Waals surface area contributed by atoms with Crippen LogP contribution in [0.5, 0.6) is 17.2 Å². The molecular weight excluding hydrogens is 885 g/mol. The zero-order valence-electron chi connectivity index (χ0n) is 43.3. The Bertz CT molecular complexity index is 2070. The summed E-state index contributed by atoms with van der Waals surface area (Å²) < 4.78 is 26.3. The van der Waals surface area contributed by atoms with Gasteiger partial charge in [-0.05, 0) is 68.6 Å². The first-order valence-electron chi connectivity index (χ1n) is 26.5. The largest absolute Gasteiger partial charge is 0.504 e. The molecule has 0 unspecified atom stereocenters. The summed E-state index contributed by atoms with van der Waals surface area (Å²) >= 11 is 0. The molecular formula is C61H86O6Si2. The molecule has 0 fully saturated rings. The predicted molar refractivity (Wildman–Crippen MR) is 295 cm³/mol. The number of carbonyl (C=O) groups is 1. The maximum Gasteiger partial charge on any atom is 0.261 e. The molecule has 5 aromatic rings. The number of benzene rings is 5. The van der Waals surface area contributed by atoms with Crippen LogP contribution in [-0.4, -0.2) is 54.5 Å². The van der Waals surface area contributed by atoms with Gasteiger partial charge in [0.2, 0.25) is 5.75 Å². The fourth-order valence-electron chi connectivity index (χ4n) is 10.2. The molecule has 0 saturated carbocycles. The van der Waals surface area contributed by atoms with Gasteiger partial charge in [0.15, 0.2) is 17.8 Å². The van der Waals surface area contributed by atoms with Gasteiger partial charge in [-0.25, -0.2) is 0 Å². The summed E-state index contributed by atoms with van der Waals surface area (Å²) in [6.07, 6.45) is 21.3. The van der Waals surface area contributed by atoms with Gasteiger partial charge in [0.1, 0.15) is 0 Å². The average molecular weight is 972 g/mol. The van der Waals surface area contributed by atoms with Gasteiger partial charge < -0.3 is 23.4 Å². The number of rotatable bonds is 33. The van der Waals surface area contributed by atoms with E-state index in [0.717, 1.165) is 70.9 Å². The molecule has 0 bridgehead atoms. The molecule has 0 aliphatic carbocycles. The van der Waals surface area contributed by atoms with E-state index in [1.165, 1.54) is 91.0 Å². The molecule has 0 aromatic heterocycles. The molecule has 5 aromatic carbocycles. The van der Waals surface area contributed by atoms with Crippen molar-refractivity contribution in [2.75, 3.05) is 26.4 Å². The fraction of sp³-hybridized carbons (Fsp3) is 0.492. The fourth-order valence-corrected chi connectivity index (χ4v) is 19.4. The number of carbonyl (C=O) groups excluding carboxylic acids is 1. The summed E-state index contributed by atoms with van der Waals surface area (Å²) in [5, 5.41) is 16.1. The van der Waals surface area contributed by atoms with Crippen LogP contribution in [0.2, 0.25) is 10.1 Å². The third-order valence-corrected chi connectivity index (χ3v) is 23.9. The highest BCUT2D eigenvalue weighted by atomic mass is 28.4. The summed E-state index contributed by atoms with van der Waals surface area (Å²) in [6, 6.07) is 46.8. The third-order valence-electron chi connectivity index (χ3n) is 13.8. The van der Waals surface area contributed by atoms with E-state index in [1.807, 2.05) is 0 Å². The first-order chi connectivity index (χ1) is 33.5. The molecule has 8 heteroatoms. The van der Waals surface area contributed by atoms with E-state index < -0.39 is 16.6 Å². The maximum absolute atomic E-state index is 11.9. The molecule has 5 rings (SSSR count). The minimum Gasteiger partial charge on any atom is -0.504 e. The van der Waals surface area contributed by atoms with Gasteiger partial charge in [-0.15, -0.1) is 0 Å². The lowest BCUT2D eigenvalue weighted by atomic mass is 10.1. The van der Waals surface area contributed by atoms with Crippen molar-refractivity contribution in [3.63, 3.8) is 0 Å². The van der Waals surface area contributed by atoms with Crippen LogP contribution >= 0.6 is 0 Å². The van der Waals surface area contributed by atoms with Gasteiger partial charge in [0, 0.05) is 13.2 Å². The second-order valence-electron chi connectivity index (χ2n) is 21.0. The Kier molecular flexibility index (Phi) is 23.3. The SMILES string of the molecule is CC(C)(C)[Si](OCCCCCCCCCCCOc1c(O)ccc(C=O)c1OCCCCCCCCCCCO[Si](c1ccccc1)(c1ccccc1)C(C)(C)C)(c1ccccc1)c1ccccc1. The van der Waals surface area contributed by atoms with Crippen molar-refractivity contribution >= 4 is 43.7 Å². The second-order valence-corrected chi connectivity index (χ2v) is 29.6. The number of aromatic hydroxyl groups is 1. The number of unbranched alkanes of at least 4 members (excludes halogenated alkanes) is 16. The Hall–Kier alpha value is -4.48. The molecule has 69 heavy (non-hydrogen) atoms. The Morgan fingerprint density at radius 1 is 0.377 bits per heavy atom. The van der Waals surface area contributed by atoms with Gasteiger partial charge >= 0.3 is 0 Å². The highest BCUT2D eigenvalue weighted by Gasteiger charge is 2.51. The van der Waals surface area contributed by atoms with E-state index in [-0.39, 0.29) is 21.6 Å². The van der Waals surface area contributed by atoms with Crippen LogP contribution in [0, 0.1) is 0 Å². The minimum absolute atomic E-state index is 0.00596. The lowest BCUT2D eigenvalue weighted by molar-refractivity contribution is 0.111. The van der Waals surface area contributed by atoms with Crippen LogP contribution in [0.3, 0.4) is 0 Å². The van der Waals surface area contributed by atoms with Crippen LogP contribution in [0.1, 0.15) is 167 Å². The third kappa shape index (κ3) is 16.0. The van der Waals surface area contributed by atoms with Crippen LogP contribution in [0.4, 0.5) is 0 Å². The molecule has 0 saturated heterocycles. The van der Waals surface area contributed by atoms with Crippen molar-refractivity contribution in [2.24, 2.45) is 0 Å². The quantitative estimate of drug-likeness (QED) is 0.0256. The highest BCUT2D eigenvalue weighted by Crippen LogP contribution is 2.40. The lowest BCUT2D eigenvalue weighted by Crippen LogP contribution is -2.66. The van der Waals surface area contributed by atoms with E-state index in [2.05, 4.69) is 163 Å². The number of hydrogen-bond donors (Lipinski definition) is 1. The zero-order valence-corrected chi connectivity index (χ0v) is 45.3. The van der Waals surface area contributed by atoms with Gasteiger partial charge in [-0.1, -0.05) is 253 Å². The molecule has 0 spiro atoms. The number of phenols is 1. The van der Waals surface area contributed by atoms with Crippen LogP contribution in [-0.2, 0) is 8.85 Å². The number of hydrogen-bond acceptors (Lipinski definition) is 6. The van der Waals surface area contributed by atoms with E-state index in [4.69, 9.17) is 18.3 Å². The minimum atomic E-state index is -2.46. The summed E-state index contributed by atoms with van der Waals surface area (Å²) in [6.45, 7) is 16.6. The normalized spacial score (nSPS) is 12.3. The second kappa shape index (κ2) is 29.0. The van der Waals surface area contributed by atoms with Crippen LogP contribution < -0.4 is 30.2 Å². The van der Waals surface area contributed by atoms with Gasteiger partial charge in [-0.3, -0.25) is 4.79 Å². The van der Waals surface area contributed by atoms with Crippen molar-refractivity contribution < 1.29 is 28.2 Å². The molecule has 0 aliphatic heterocycles. The molecule has 6 nitrogen and oxygen atoms in total. The topological polar surface area (TPSA) is 74.2 Å². The molecule has 0 aliphatic rings. The highest BCUT2D eigenvalue weighted by molar-refractivity contribution is 7.00. The first kappa shape index (κ1) is 55.5. The molecule has 374 valence electrons. The lowest BCUT2D eigenvalue weighted by Gasteiger charge is -2.43. The standard InChI is InChI=1S/C61H86O6Si2/c1-60(2,3)68(53-37-25-21-26-38-53,54-39-27-22-28-40-54)66-49-35-19-15-11-7-9-13-17-33-47-64-58-52(51-62)45-46-57(63)59(58)65-48-34-18-14-10-8-12-16-20-36-50-67-69(61(4,5)6,55-41-29-23-30-42-55)56-43-31-24-32-44-56/h21-32,37-46,51,63H,7-20,33-36,47-50H2,1-6H3. The smallest absolute Gasteiger partial charge is 0.261 e. The van der Waals surface area contributed by atoms with Gasteiger partial charge in [0.05, 0.1) is 18.8 Å². The van der Waals surface area contributed by atoms with E-state index >= 15 is 0 Å². The van der Waals surface area contributed by atoms with Gasteiger partial charge in [-0.2, -0.15) is 0 Å². The average Bonchev–Trinajstić information content (AvgIpc) is 3.35. The molecule has 0 amide bonds. The molecule has 0 heterocycles. The van der Waals surface area contributed by atoms with Crippen molar-refractivity contribution in [2.45, 2.75) is 167 Å². The monoisotopic (exact) mass is 971 g/mol. The van der Waals surface area contributed by atoms with E-state index in [9.17, 15) is 9.90 Å². The Balaban J connectivity index is 0.907. The number of ether oxygens (including phenoxy) is 2. The zero-order chi connectivity index (χ0) is 49.3. The van der Waals surface area contributed by atoms with Crippen LogP contribution in [0.15, 0.2) is 133 Å². The van der Waals surface area contributed by atoms with Gasteiger partial charge in [0.25, 0.3) is 16.6 Å². The Morgan fingerprint density at radius 2 is 0.652 bits per heavy atom. The maximum atomic E-state index is 11.9. The summed E-state index contributed by atoms with van der Waals surface area (Å²) in [4.78, 5) is 11.9. The Labute approximate surface area is 419 Å². The summed E-state index contributed by atoms with van der Waals surface area (Å²) in [5.74, 6) is 0.665. The summed E-state index contributed by atoms with van der Waals surface area (Å²) in [5.41, 5.74) is 0.411.